The van der Waals surface area contributed by atoms with E-state index in [-0.39, 0.29) is 24.6 Å². The molecular weight excluding hydrogens is 534 g/mol. The molecule has 2 aliphatic carbocycles. The quantitative estimate of drug-likeness (QED) is 0.311. The van der Waals surface area contributed by atoms with E-state index in [2.05, 4.69) is 0 Å². The molecule has 3 aliphatic rings. The Hall–Kier alpha value is -2.26. The van der Waals surface area contributed by atoms with Gasteiger partial charge in [-0.15, -0.1) is 0 Å². The number of benzene rings is 2. The van der Waals surface area contributed by atoms with E-state index in [1.807, 2.05) is 19.1 Å². The van der Waals surface area contributed by atoms with Crippen molar-refractivity contribution in [2.75, 3.05) is 13.2 Å². The Balaban J connectivity index is 1.10. The van der Waals surface area contributed by atoms with Crippen molar-refractivity contribution in [3.8, 4) is 5.75 Å². The van der Waals surface area contributed by atoms with Crippen LogP contribution in [0.4, 0.5) is 26.3 Å². The predicted molar refractivity (Wildman–Crippen MR) is 137 cm³/mol. The maximum Gasteiger partial charge on any atom is 0.400 e. The molecule has 0 spiro atoms. The molecule has 1 heterocycles. The Morgan fingerprint density at radius 1 is 0.800 bits per heavy atom. The normalized spacial score (nSPS) is 29.9. The van der Waals surface area contributed by atoms with Crippen LogP contribution in [0, 0.1) is 35.3 Å². The lowest BCUT2D eigenvalue weighted by Gasteiger charge is -2.39. The van der Waals surface area contributed by atoms with Crippen LogP contribution in [0.25, 0.3) is 0 Å². The van der Waals surface area contributed by atoms with Crippen molar-refractivity contribution >= 4 is 0 Å². The van der Waals surface area contributed by atoms with Crippen molar-refractivity contribution in [3.05, 3.63) is 64.7 Å². The minimum atomic E-state index is -3.52. The summed E-state index contributed by atoms with van der Waals surface area (Å²) in [6.07, 6.45) is -1.69. The van der Waals surface area contributed by atoms with E-state index in [9.17, 15) is 22.0 Å². The van der Waals surface area contributed by atoms with E-state index < -0.39 is 41.9 Å². The van der Waals surface area contributed by atoms with Crippen LogP contribution in [-0.4, -0.2) is 19.3 Å². The van der Waals surface area contributed by atoms with Crippen molar-refractivity contribution in [3.63, 3.8) is 0 Å². The summed E-state index contributed by atoms with van der Waals surface area (Å²) >= 11 is 0. The topological polar surface area (TPSA) is 27.7 Å². The molecule has 0 bridgehead atoms. The average molecular weight is 571 g/mol. The molecule has 2 aromatic carbocycles. The van der Waals surface area contributed by atoms with Crippen molar-refractivity contribution in [1.82, 2.24) is 0 Å². The summed E-state index contributed by atoms with van der Waals surface area (Å²) in [7, 11) is 0. The highest BCUT2D eigenvalue weighted by Gasteiger charge is 2.45. The van der Waals surface area contributed by atoms with Gasteiger partial charge in [-0.2, -0.15) is 8.78 Å². The molecule has 5 rings (SSSR count). The third-order valence-corrected chi connectivity index (χ3v) is 8.95. The molecule has 40 heavy (non-hydrogen) atoms. The average Bonchev–Trinajstić information content (AvgIpc) is 2.93. The summed E-state index contributed by atoms with van der Waals surface area (Å²) in [6.45, 7) is 3.21. The number of halogens is 6. The lowest BCUT2D eigenvalue weighted by molar-refractivity contribution is -0.224. The third kappa shape index (κ3) is 6.62. The number of alkyl halides is 4. The summed E-state index contributed by atoms with van der Waals surface area (Å²) < 4.78 is 100. The van der Waals surface area contributed by atoms with Gasteiger partial charge in [0.2, 0.25) is 0 Å². The molecule has 0 amide bonds. The van der Waals surface area contributed by atoms with Gasteiger partial charge in [0.1, 0.15) is 17.4 Å². The van der Waals surface area contributed by atoms with Gasteiger partial charge in [0.25, 0.3) is 6.43 Å². The predicted octanol–water partition coefficient (Wildman–Crippen LogP) is 9.34. The second-order valence-electron chi connectivity index (χ2n) is 11.8. The fourth-order valence-corrected chi connectivity index (χ4v) is 6.63. The number of hydrogen-bond acceptors (Lipinski definition) is 3. The number of hydrogen-bond donors (Lipinski definition) is 0. The van der Waals surface area contributed by atoms with E-state index >= 15 is 4.39 Å². The van der Waals surface area contributed by atoms with Gasteiger partial charge in [-0.1, -0.05) is 19.1 Å². The van der Waals surface area contributed by atoms with Crippen LogP contribution in [0.2, 0.25) is 0 Å². The standard InChI is InChI=1S/C31H36F6O3/c1-18-16-38-30(39-17-18)22-8-12-25(27(32)14-22)21-4-2-19(3-5-21)20-6-9-23(10-7-20)31(36,37)40-24-11-13-26(29(34)35)28(33)15-24/h8,11-15,18-21,23,29-30H,2-7,9-10,16-17H2,1H3. The lowest BCUT2D eigenvalue weighted by Crippen LogP contribution is -2.38. The summed E-state index contributed by atoms with van der Waals surface area (Å²) in [5, 5.41) is 0. The molecule has 2 saturated carbocycles. The van der Waals surface area contributed by atoms with E-state index in [1.165, 1.54) is 6.07 Å². The Bertz CT molecular complexity index is 1130. The number of ether oxygens (including phenoxy) is 3. The number of rotatable bonds is 7. The Morgan fingerprint density at radius 3 is 2.00 bits per heavy atom. The molecular formula is C31H36F6O3. The fourth-order valence-electron chi connectivity index (χ4n) is 6.63. The van der Waals surface area contributed by atoms with E-state index in [0.717, 1.165) is 37.8 Å². The van der Waals surface area contributed by atoms with Crippen LogP contribution in [0.1, 0.15) is 93.6 Å². The van der Waals surface area contributed by atoms with Gasteiger partial charge < -0.3 is 14.2 Å². The molecule has 1 aliphatic heterocycles. The Kier molecular flexibility index (Phi) is 9.00. The molecule has 1 saturated heterocycles. The highest BCUT2D eigenvalue weighted by atomic mass is 19.3. The summed E-state index contributed by atoms with van der Waals surface area (Å²) in [5.41, 5.74) is 0.559. The van der Waals surface area contributed by atoms with Crippen LogP contribution in [0.3, 0.4) is 0 Å². The SMILES string of the molecule is CC1COC(c2ccc(C3CCC(C4CCC(C(F)(F)Oc5ccc(C(F)F)c(F)c5)CC4)CC3)c(F)c2)OC1. The van der Waals surface area contributed by atoms with Gasteiger partial charge in [0, 0.05) is 17.5 Å². The first-order chi connectivity index (χ1) is 19.1. The largest absolute Gasteiger partial charge is 0.432 e. The monoisotopic (exact) mass is 570 g/mol. The fraction of sp³-hybridized carbons (Fsp3) is 0.613. The summed E-state index contributed by atoms with van der Waals surface area (Å²) in [5.74, 6) is -1.79. The Morgan fingerprint density at radius 2 is 1.43 bits per heavy atom. The van der Waals surface area contributed by atoms with Crippen molar-refractivity contribution < 1.29 is 40.6 Å². The van der Waals surface area contributed by atoms with Crippen LogP contribution >= 0.6 is 0 Å². The molecule has 0 unspecified atom stereocenters. The smallest absolute Gasteiger partial charge is 0.400 e. The lowest BCUT2D eigenvalue weighted by atomic mass is 9.68. The van der Waals surface area contributed by atoms with Crippen LogP contribution in [0.15, 0.2) is 36.4 Å². The van der Waals surface area contributed by atoms with Crippen LogP contribution in [-0.2, 0) is 9.47 Å². The third-order valence-electron chi connectivity index (χ3n) is 8.95. The molecule has 0 N–H and O–H groups in total. The second-order valence-corrected chi connectivity index (χ2v) is 11.8. The maximum absolute atomic E-state index is 15.1. The van der Waals surface area contributed by atoms with E-state index in [1.54, 1.807) is 0 Å². The molecule has 0 aromatic heterocycles. The van der Waals surface area contributed by atoms with Crippen LogP contribution in [0.5, 0.6) is 5.75 Å². The summed E-state index contributed by atoms with van der Waals surface area (Å²) in [6, 6.07) is 7.58. The first-order valence-electron chi connectivity index (χ1n) is 14.3. The van der Waals surface area contributed by atoms with Gasteiger partial charge in [-0.05, 0) is 92.9 Å². The molecule has 0 atom stereocenters. The van der Waals surface area contributed by atoms with E-state index in [4.69, 9.17) is 14.2 Å². The van der Waals surface area contributed by atoms with Gasteiger partial charge in [0.15, 0.2) is 6.29 Å². The van der Waals surface area contributed by atoms with Crippen molar-refractivity contribution in [2.24, 2.45) is 23.7 Å². The van der Waals surface area contributed by atoms with Gasteiger partial charge in [0.05, 0.1) is 24.7 Å². The first-order valence-corrected chi connectivity index (χ1v) is 14.3. The molecule has 3 fully saturated rings. The highest BCUT2D eigenvalue weighted by Crippen LogP contribution is 2.47. The van der Waals surface area contributed by atoms with Gasteiger partial charge >= 0.3 is 6.11 Å². The molecule has 2 aromatic rings. The first kappa shape index (κ1) is 29.2. The molecule has 3 nitrogen and oxygen atoms in total. The second kappa shape index (κ2) is 12.3. The van der Waals surface area contributed by atoms with E-state index in [0.29, 0.717) is 61.0 Å². The molecule has 220 valence electrons. The Labute approximate surface area is 231 Å². The van der Waals surface area contributed by atoms with Crippen molar-refractivity contribution in [2.45, 2.75) is 83.0 Å². The minimum Gasteiger partial charge on any atom is -0.432 e. The minimum absolute atomic E-state index is 0.129. The van der Waals surface area contributed by atoms with Gasteiger partial charge in [-0.25, -0.2) is 17.6 Å². The zero-order valence-corrected chi connectivity index (χ0v) is 22.6. The van der Waals surface area contributed by atoms with Gasteiger partial charge in [-0.3, -0.25) is 0 Å². The zero-order valence-electron chi connectivity index (χ0n) is 22.6. The molecule has 9 heteroatoms. The highest BCUT2D eigenvalue weighted by molar-refractivity contribution is 5.30. The maximum atomic E-state index is 15.1. The zero-order chi connectivity index (χ0) is 28.4. The molecule has 0 radical (unpaired) electrons. The summed E-state index contributed by atoms with van der Waals surface area (Å²) in [4.78, 5) is 0. The van der Waals surface area contributed by atoms with Crippen molar-refractivity contribution in [1.29, 1.82) is 0 Å². The van der Waals surface area contributed by atoms with Crippen LogP contribution < -0.4 is 4.74 Å².